The molecule has 0 saturated heterocycles. The van der Waals surface area contributed by atoms with Gasteiger partial charge in [0.1, 0.15) is 0 Å². The second-order valence-electron chi connectivity index (χ2n) is 4.03. The van der Waals surface area contributed by atoms with E-state index in [1.165, 1.54) is 0 Å². The van der Waals surface area contributed by atoms with Crippen LogP contribution in [0.2, 0.25) is 0 Å². The van der Waals surface area contributed by atoms with E-state index in [0.29, 0.717) is 17.9 Å². The first-order valence-corrected chi connectivity index (χ1v) is 5.66. The van der Waals surface area contributed by atoms with Crippen LogP contribution in [0, 0.1) is 13.8 Å². The monoisotopic (exact) mass is 229 g/mol. The number of aryl methyl sites for hydroxylation is 2. The van der Waals surface area contributed by atoms with Gasteiger partial charge < -0.3 is 4.74 Å². The van der Waals surface area contributed by atoms with E-state index in [-0.39, 0.29) is 5.97 Å². The fraction of sp³-hybridized carbons (Fsp3) is 0.286. The number of benzene rings is 1. The number of aromatic nitrogens is 1. The number of rotatable bonds is 2. The number of carbonyl (C=O) groups is 1. The van der Waals surface area contributed by atoms with Gasteiger partial charge in [0.2, 0.25) is 0 Å². The van der Waals surface area contributed by atoms with Crippen molar-refractivity contribution in [2.45, 2.75) is 20.8 Å². The largest absolute Gasteiger partial charge is 0.462 e. The maximum Gasteiger partial charge on any atom is 0.340 e. The maximum atomic E-state index is 11.9. The van der Waals surface area contributed by atoms with E-state index in [1.807, 2.05) is 32.0 Å². The molecule has 0 bridgehead atoms. The molecule has 2 rings (SSSR count). The number of hydrogen-bond donors (Lipinski definition) is 0. The highest BCUT2D eigenvalue weighted by Crippen LogP contribution is 2.22. The third kappa shape index (κ3) is 2.13. The van der Waals surface area contributed by atoms with Crippen LogP contribution in [-0.2, 0) is 4.74 Å². The molecule has 0 saturated carbocycles. The zero-order valence-corrected chi connectivity index (χ0v) is 10.3. The van der Waals surface area contributed by atoms with Gasteiger partial charge in [0, 0.05) is 11.6 Å². The molecular weight excluding hydrogens is 214 g/mol. The van der Waals surface area contributed by atoms with Crippen molar-refractivity contribution >= 4 is 16.7 Å². The maximum absolute atomic E-state index is 11.9. The van der Waals surface area contributed by atoms with Gasteiger partial charge in [-0.2, -0.15) is 0 Å². The first kappa shape index (κ1) is 11.6. The van der Waals surface area contributed by atoms with Crippen LogP contribution in [0.25, 0.3) is 10.8 Å². The van der Waals surface area contributed by atoms with Crippen LogP contribution in [0.15, 0.2) is 24.4 Å². The predicted molar refractivity (Wildman–Crippen MR) is 67.2 cm³/mol. The summed E-state index contributed by atoms with van der Waals surface area (Å²) in [7, 11) is 0. The Labute approximate surface area is 100 Å². The van der Waals surface area contributed by atoms with Crippen molar-refractivity contribution in [1.82, 2.24) is 4.98 Å². The van der Waals surface area contributed by atoms with Crippen LogP contribution >= 0.6 is 0 Å². The molecule has 0 unspecified atom stereocenters. The van der Waals surface area contributed by atoms with Crippen molar-refractivity contribution in [1.29, 1.82) is 0 Å². The van der Waals surface area contributed by atoms with E-state index < -0.39 is 0 Å². The smallest absolute Gasteiger partial charge is 0.340 e. The minimum atomic E-state index is -0.297. The lowest BCUT2D eigenvalue weighted by Crippen LogP contribution is -2.08. The molecule has 3 nitrogen and oxygen atoms in total. The first-order valence-electron chi connectivity index (χ1n) is 5.66. The van der Waals surface area contributed by atoms with Gasteiger partial charge in [-0.05, 0) is 26.2 Å². The first-order chi connectivity index (χ1) is 8.13. The van der Waals surface area contributed by atoms with Gasteiger partial charge >= 0.3 is 5.97 Å². The van der Waals surface area contributed by atoms with Gasteiger partial charge in [0.05, 0.1) is 17.9 Å². The molecular formula is C14H15NO2. The van der Waals surface area contributed by atoms with Gasteiger partial charge in [0.15, 0.2) is 0 Å². The molecule has 0 aliphatic heterocycles. The standard InChI is InChI=1S/C14H15NO2/c1-4-17-14(16)13-10(3)15-8-11-6-5-9(2)7-12(11)13/h5-8H,4H2,1-3H3. The van der Waals surface area contributed by atoms with Crippen molar-refractivity contribution in [2.75, 3.05) is 6.61 Å². The van der Waals surface area contributed by atoms with Crippen molar-refractivity contribution < 1.29 is 9.53 Å². The summed E-state index contributed by atoms with van der Waals surface area (Å²) in [6, 6.07) is 5.98. The van der Waals surface area contributed by atoms with Crippen molar-refractivity contribution in [3.8, 4) is 0 Å². The van der Waals surface area contributed by atoms with Crippen molar-refractivity contribution in [2.24, 2.45) is 0 Å². The zero-order valence-electron chi connectivity index (χ0n) is 10.3. The summed E-state index contributed by atoms with van der Waals surface area (Å²) in [5, 5.41) is 1.88. The molecule has 2 aromatic rings. The summed E-state index contributed by atoms with van der Waals surface area (Å²) in [4.78, 5) is 16.2. The normalized spacial score (nSPS) is 10.5. The summed E-state index contributed by atoms with van der Waals surface area (Å²) in [5.41, 5.74) is 2.41. The highest BCUT2D eigenvalue weighted by Gasteiger charge is 2.15. The van der Waals surface area contributed by atoms with Gasteiger partial charge in [-0.15, -0.1) is 0 Å². The van der Waals surface area contributed by atoms with E-state index in [4.69, 9.17) is 4.74 Å². The summed E-state index contributed by atoms with van der Waals surface area (Å²) < 4.78 is 5.08. The highest BCUT2D eigenvalue weighted by molar-refractivity contribution is 6.05. The van der Waals surface area contributed by atoms with Crippen LogP contribution in [0.5, 0.6) is 0 Å². The van der Waals surface area contributed by atoms with E-state index in [9.17, 15) is 4.79 Å². The molecule has 88 valence electrons. The molecule has 1 aromatic heterocycles. The fourth-order valence-corrected chi connectivity index (χ4v) is 1.89. The molecule has 17 heavy (non-hydrogen) atoms. The Kier molecular flexibility index (Phi) is 3.09. The van der Waals surface area contributed by atoms with Crippen LogP contribution in [0.1, 0.15) is 28.5 Å². The molecule has 1 aromatic carbocycles. The van der Waals surface area contributed by atoms with Gasteiger partial charge in [-0.3, -0.25) is 4.98 Å². The third-order valence-electron chi connectivity index (χ3n) is 2.72. The number of ether oxygens (including phenoxy) is 1. The summed E-state index contributed by atoms with van der Waals surface area (Å²) >= 11 is 0. The lowest BCUT2D eigenvalue weighted by Gasteiger charge is -2.09. The van der Waals surface area contributed by atoms with Gasteiger partial charge in [-0.1, -0.05) is 23.8 Å². The molecule has 1 heterocycles. The molecule has 0 aliphatic rings. The second kappa shape index (κ2) is 4.53. The average molecular weight is 229 g/mol. The lowest BCUT2D eigenvalue weighted by molar-refractivity contribution is 0.0527. The number of fused-ring (bicyclic) bond motifs is 1. The average Bonchev–Trinajstić information content (AvgIpc) is 2.28. The van der Waals surface area contributed by atoms with Gasteiger partial charge in [0.25, 0.3) is 0 Å². The fourth-order valence-electron chi connectivity index (χ4n) is 1.89. The van der Waals surface area contributed by atoms with Crippen LogP contribution < -0.4 is 0 Å². The van der Waals surface area contributed by atoms with Crippen LogP contribution in [0.3, 0.4) is 0 Å². The second-order valence-corrected chi connectivity index (χ2v) is 4.03. The minimum Gasteiger partial charge on any atom is -0.462 e. The molecule has 0 atom stereocenters. The summed E-state index contributed by atoms with van der Waals surface area (Å²) in [6.07, 6.45) is 1.78. The number of nitrogens with zero attached hydrogens (tertiary/aromatic N) is 1. The molecule has 0 N–H and O–H groups in total. The summed E-state index contributed by atoms with van der Waals surface area (Å²) in [6.45, 7) is 6.01. The van der Waals surface area contributed by atoms with Crippen LogP contribution in [0.4, 0.5) is 0 Å². The van der Waals surface area contributed by atoms with Crippen molar-refractivity contribution in [3.05, 3.63) is 41.2 Å². The Bertz CT molecular complexity index is 570. The number of hydrogen-bond acceptors (Lipinski definition) is 3. The minimum absolute atomic E-state index is 0.297. The molecule has 0 spiro atoms. The van der Waals surface area contributed by atoms with E-state index >= 15 is 0 Å². The van der Waals surface area contributed by atoms with E-state index in [0.717, 1.165) is 16.3 Å². The molecule has 0 radical (unpaired) electrons. The summed E-state index contributed by atoms with van der Waals surface area (Å²) in [5.74, 6) is -0.297. The topological polar surface area (TPSA) is 39.2 Å². The number of esters is 1. The van der Waals surface area contributed by atoms with E-state index in [1.54, 1.807) is 13.1 Å². The highest BCUT2D eigenvalue weighted by atomic mass is 16.5. The van der Waals surface area contributed by atoms with Gasteiger partial charge in [-0.25, -0.2) is 4.79 Å². The zero-order chi connectivity index (χ0) is 12.4. The molecule has 3 heteroatoms. The Balaban J connectivity index is 2.70. The number of pyridine rings is 1. The Hall–Kier alpha value is -1.90. The Morgan fingerprint density at radius 2 is 2.12 bits per heavy atom. The SMILES string of the molecule is CCOC(=O)c1c(C)ncc2ccc(C)cc12. The third-order valence-corrected chi connectivity index (χ3v) is 2.72. The molecule has 0 fully saturated rings. The lowest BCUT2D eigenvalue weighted by atomic mass is 10.0. The Morgan fingerprint density at radius 1 is 1.35 bits per heavy atom. The van der Waals surface area contributed by atoms with Crippen LogP contribution in [-0.4, -0.2) is 17.6 Å². The molecule has 0 amide bonds. The predicted octanol–water partition coefficient (Wildman–Crippen LogP) is 3.03. The molecule has 0 aliphatic carbocycles. The quantitative estimate of drug-likeness (QED) is 0.743. The number of carbonyl (C=O) groups excluding carboxylic acids is 1. The van der Waals surface area contributed by atoms with E-state index in [2.05, 4.69) is 4.98 Å². The Morgan fingerprint density at radius 3 is 2.82 bits per heavy atom. The van der Waals surface area contributed by atoms with Crippen molar-refractivity contribution in [3.63, 3.8) is 0 Å².